The van der Waals surface area contributed by atoms with Crippen LogP contribution in [0.2, 0.25) is 0 Å². The summed E-state index contributed by atoms with van der Waals surface area (Å²) in [6, 6.07) is 5.11. The Balaban J connectivity index is 2.04. The van der Waals surface area contributed by atoms with Crippen LogP contribution in [0.25, 0.3) is 0 Å². The van der Waals surface area contributed by atoms with E-state index < -0.39 is 0 Å². The van der Waals surface area contributed by atoms with Gasteiger partial charge in [-0.25, -0.2) is 15.0 Å². The normalized spacial score (nSPS) is 10.0. The molecule has 0 radical (unpaired) electrons. The number of rotatable bonds is 6. The van der Waals surface area contributed by atoms with Crippen molar-refractivity contribution in [1.82, 2.24) is 20.3 Å². The fourth-order valence-electron chi connectivity index (χ4n) is 1.67. The largest absolute Gasteiger partial charge is 0.481 e. The zero-order valence-corrected chi connectivity index (χ0v) is 11.9. The van der Waals surface area contributed by atoms with Gasteiger partial charge in [-0.15, -0.1) is 0 Å². The predicted molar refractivity (Wildman–Crippen MR) is 75.2 cm³/mol. The topological polar surface area (TPSA) is 86.2 Å². The first-order valence-electron chi connectivity index (χ1n) is 6.45. The lowest BCUT2D eigenvalue weighted by atomic mass is 10.2. The third-order valence-electron chi connectivity index (χ3n) is 2.65. The summed E-state index contributed by atoms with van der Waals surface area (Å²) in [7, 11) is 1.48. The lowest BCUT2D eigenvalue weighted by molar-refractivity contribution is 0.0945. The number of amides is 1. The Bertz CT molecular complexity index is 619. The van der Waals surface area contributed by atoms with Crippen LogP contribution in [0.5, 0.6) is 11.8 Å². The van der Waals surface area contributed by atoms with Gasteiger partial charge in [-0.3, -0.25) is 4.79 Å². The van der Waals surface area contributed by atoms with Crippen LogP contribution < -0.4 is 14.8 Å². The highest BCUT2D eigenvalue weighted by atomic mass is 16.5. The van der Waals surface area contributed by atoms with E-state index >= 15 is 0 Å². The van der Waals surface area contributed by atoms with Gasteiger partial charge in [0.15, 0.2) is 0 Å². The molecule has 2 rings (SSSR count). The quantitative estimate of drug-likeness (QED) is 0.859. The van der Waals surface area contributed by atoms with Crippen molar-refractivity contribution in [1.29, 1.82) is 0 Å². The molecule has 0 aliphatic heterocycles. The van der Waals surface area contributed by atoms with Gasteiger partial charge < -0.3 is 14.8 Å². The highest BCUT2D eigenvalue weighted by molar-refractivity contribution is 5.92. The molecule has 1 amide bonds. The minimum Gasteiger partial charge on any atom is -0.481 e. The monoisotopic (exact) mass is 288 g/mol. The highest BCUT2D eigenvalue weighted by Crippen LogP contribution is 2.14. The summed E-state index contributed by atoms with van der Waals surface area (Å²) in [5.41, 5.74) is 1.04. The maximum atomic E-state index is 12.0. The molecule has 2 aromatic rings. The van der Waals surface area contributed by atoms with Crippen molar-refractivity contribution in [3.8, 4) is 11.8 Å². The summed E-state index contributed by atoms with van der Waals surface area (Å²) in [5.74, 6) is 0.536. The molecule has 1 N–H and O–H groups in total. The molecule has 110 valence electrons. The third kappa shape index (κ3) is 3.88. The van der Waals surface area contributed by atoms with Crippen molar-refractivity contribution in [3.63, 3.8) is 0 Å². The SMILES string of the molecule is CCOc1ncccc1CNC(=O)c1cc(OC)ncn1. The summed E-state index contributed by atoms with van der Waals surface area (Å²) in [4.78, 5) is 23.9. The Morgan fingerprint density at radius 3 is 2.95 bits per heavy atom. The van der Waals surface area contributed by atoms with Crippen molar-refractivity contribution >= 4 is 5.91 Å². The second-order valence-electron chi connectivity index (χ2n) is 4.03. The van der Waals surface area contributed by atoms with Gasteiger partial charge in [0, 0.05) is 24.4 Å². The molecule has 0 aliphatic rings. The molecule has 0 aromatic carbocycles. The van der Waals surface area contributed by atoms with E-state index in [0.29, 0.717) is 24.9 Å². The number of carbonyl (C=O) groups excluding carboxylic acids is 1. The summed E-state index contributed by atoms with van der Waals surface area (Å²) >= 11 is 0. The summed E-state index contributed by atoms with van der Waals surface area (Å²) in [5, 5.41) is 2.76. The lowest BCUT2D eigenvalue weighted by Gasteiger charge is -2.09. The van der Waals surface area contributed by atoms with Gasteiger partial charge in [0.05, 0.1) is 13.7 Å². The van der Waals surface area contributed by atoms with Crippen LogP contribution in [0, 0.1) is 0 Å². The van der Waals surface area contributed by atoms with Crippen LogP contribution in [0.4, 0.5) is 0 Å². The van der Waals surface area contributed by atoms with E-state index in [4.69, 9.17) is 9.47 Å². The highest BCUT2D eigenvalue weighted by Gasteiger charge is 2.10. The zero-order chi connectivity index (χ0) is 15.1. The number of nitrogens with one attached hydrogen (secondary N) is 1. The molecular formula is C14H16N4O3. The number of pyridine rings is 1. The van der Waals surface area contributed by atoms with Crippen LogP contribution in [0.1, 0.15) is 23.0 Å². The van der Waals surface area contributed by atoms with E-state index in [9.17, 15) is 4.79 Å². The first-order chi connectivity index (χ1) is 10.2. The van der Waals surface area contributed by atoms with Crippen molar-refractivity contribution in [2.45, 2.75) is 13.5 Å². The van der Waals surface area contributed by atoms with Gasteiger partial charge >= 0.3 is 0 Å². The second-order valence-corrected chi connectivity index (χ2v) is 4.03. The van der Waals surface area contributed by atoms with Gasteiger partial charge in [-0.1, -0.05) is 6.07 Å². The Kier molecular flexibility index (Phi) is 5.03. The predicted octanol–water partition coefficient (Wildman–Crippen LogP) is 1.21. The van der Waals surface area contributed by atoms with Crippen molar-refractivity contribution < 1.29 is 14.3 Å². The molecule has 0 bridgehead atoms. The smallest absolute Gasteiger partial charge is 0.270 e. The average Bonchev–Trinajstić information content (AvgIpc) is 2.54. The van der Waals surface area contributed by atoms with Crippen LogP contribution in [-0.4, -0.2) is 34.6 Å². The van der Waals surface area contributed by atoms with Crippen LogP contribution >= 0.6 is 0 Å². The zero-order valence-electron chi connectivity index (χ0n) is 11.9. The molecule has 2 heterocycles. The van der Waals surface area contributed by atoms with Gasteiger partial charge in [-0.2, -0.15) is 0 Å². The van der Waals surface area contributed by atoms with Gasteiger partial charge in [0.25, 0.3) is 5.91 Å². The minimum atomic E-state index is -0.318. The molecule has 7 nitrogen and oxygen atoms in total. The van der Waals surface area contributed by atoms with E-state index in [-0.39, 0.29) is 11.6 Å². The average molecular weight is 288 g/mol. The molecule has 0 saturated heterocycles. The molecule has 2 aromatic heterocycles. The molecule has 21 heavy (non-hydrogen) atoms. The number of carbonyl (C=O) groups is 1. The summed E-state index contributed by atoms with van der Waals surface area (Å²) in [6.45, 7) is 2.69. The maximum absolute atomic E-state index is 12.0. The van der Waals surface area contributed by atoms with Crippen molar-refractivity contribution in [3.05, 3.63) is 42.0 Å². The van der Waals surface area contributed by atoms with Crippen LogP contribution in [0.15, 0.2) is 30.7 Å². The van der Waals surface area contributed by atoms with Crippen LogP contribution in [-0.2, 0) is 6.54 Å². The number of hydrogen-bond acceptors (Lipinski definition) is 6. The number of methoxy groups -OCH3 is 1. The van der Waals surface area contributed by atoms with Crippen molar-refractivity contribution in [2.24, 2.45) is 0 Å². The molecule has 0 atom stereocenters. The van der Waals surface area contributed by atoms with E-state index in [1.807, 2.05) is 13.0 Å². The molecular weight excluding hydrogens is 272 g/mol. The summed E-state index contributed by atoms with van der Waals surface area (Å²) in [6.07, 6.45) is 2.93. The Labute approximate surface area is 122 Å². The number of nitrogens with zero attached hydrogens (tertiary/aromatic N) is 3. The Morgan fingerprint density at radius 1 is 1.33 bits per heavy atom. The standard InChI is InChI=1S/C14H16N4O3/c1-3-21-14-10(5-4-6-15-14)8-16-13(19)11-7-12(20-2)18-9-17-11/h4-7,9H,3,8H2,1-2H3,(H,16,19). The number of ether oxygens (including phenoxy) is 2. The molecule has 0 spiro atoms. The second kappa shape index (κ2) is 7.18. The molecule has 0 saturated carbocycles. The van der Waals surface area contributed by atoms with E-state index in [0.717, 1.165) is 5.56 Å². The van der Waals surface area contributed by atoms with Crippen molar-refractivity contribution in [2.75, 3.05) is 13.7 Å². The van der Waals surface area contributed by atoms with E-state index in [1.165, 1.54) is 19.5 Å². The van der Waals surface area contributed by atoms with E-state index in [2.05, 4.69) is 20.3 Å². The Morgan fingerprint density at radius 2 is 2.19 bits per heavy atom. The van der Waals surface area contributed by atoms with E-state index in [1.54, 1.807) is 12.3 Å². The van der Waals surface area contributed by atoms with Gasteiger partial charge in [0.2, 0.25) is 11.8 Å². The van der Waals surface area contributed by atoms with Gasteiger partial charge in [0.1, 0.15) is 12.0 Å². The minimum absolute atomic E-state index is 0.240. The fourth-order valence-corrected chi connectivity index (χ4v) is 1.67. The maximum Gasteiger partial charge on any atom is 0.270 e. The lowest BCUT2D eigenvalue weighted by Crippen LogP contribution is -2.24. The fraction of sp³-hybridized carbons (Fsp3) is 0.286. The first-order valence-corrected chi connectivity index (χ1v) is 6.45. The van der Waals surface area contributed by atoms with Gasteiger partial charge in [-0.05, 0) is 13.0 Å². The number of aromatic nitrogens is 3. The molecule has 7 heteroatoms. The van der Waals surface area contributed by atoms with Crippen LogP contribution in [0.3, 0.4) is 0 Å². The Hall–Kier alpha value is -2.70. The summed E-state index contributed by atoms with van der Waals surface area (Å²) < 4.78 is 10.4. The third-order valence-corrected chi connectivity index (χ3v) is 2.65. The molecule has 0 fully saturated rings. The number of hydrogen-bond donors (Lipinski definition) is 1. The molecule has 0 unspecified atom stereocenters. The first kappa shape index (κ1) is 14.7. The molecule has 0 aliphatic carbocycles.